The molecule has 0 unspecified atom stereocenters. The van der Waals surface area contributed by atoms with Gasteiger partial charge >= 0.3 is 6.03 Å². The fraction of sp³-hybridized carbons (Fsp3) is 0.364. The van der Waals surface area contributed by atoms with Gasteiger partial charge in [-0.15, -0.1) is 0 Å². The third kappa shape index (κ3) is 3.16. The fourth-order valence-electron chi connectivity index (χ4n) is 1.68. The zero-order chi connectivity index (χ0) is 13.8. The van der Waals surface area contributed by atoms with Gasteiger partial charge in [0, 0.05) is 25.2 Å². The Balaban J connectivity index is 2.11. The zero-order valence-corrected chi connectivity index (χ0v) is 9.97. The first-order valence-corrected chi connectivity index (χ1v) is 5.65. The molecule has 1 saturated heterocycles. The number of rotatable bonds is 2. The Morgan fingerprint density at radius 1 is 1.42 bits per heavy atom. The summed E-state index contributed by atoms with van der Waals surface area (Å²) in [5.41, 5.74) is -0.482. The van der Waals surface area contributed by atoms with Crippen LogP contribution in [0.4, 0.5) is 20.6 Å². The molecule has 102 valence electrons. The Morgan fingerprint density at radius 2 is 2.11 bits per heavy atom. The first-order chi connectivity index (χ1) is 9.08. The van der Waals surface area contributed by atoms with Crippen LogP contribution in [0, 0.1) is 15.9 Å². The first-order valence-electron chi connectivity index (χ1n) is 5.65. The fourth-order valence-corrected chi connectivity index (χ4v) is 1.68. The summed E-state index contributed by atoms with van der Waals surface area (Å²) in [4.78, 5) is 23.2. The molecule has 1 aliphatic heterocycles. The molecule has 2 rings (SSSR count). The summed E-state index contributed by atoms with van der Waals surface area (Å²) in [6.45, 7) is 1.65. The Bertz CT molecular complexity index is 503. The minimum absolute atomic E-state index is 0.203. The lowest BCUT2D eigenvalue weighted by molar-refractivity contribution is -0.384. The largest absolute Gasteiger partial charge is 0.378 e. The molecule has 1 aliphatic rings. The lowest BCUT2D eigenvalue weighted by Gasteiger charge is -2.26. The highest BCUT2D eigenvalue weighted by Gasteiger charge is 2.19. The molecule has 0 bridgehead atoms. The summed E-state index contributed by atoms with van der Waals surface area (Å²) in [7, 11) is 0. The van der Waals surface area contributed by atoms with E-state index in [-0.39, 0.29) is 11.4 Å². The van der Waals surface area contributed by atoms with Crippen LogP contribution in [-0.2, 0) is 4.74 Å². The van der Waals surface area contributed by atoms with Crippen molar-refractivity contribution < 1.29 is 18.8 Å². The van der Waals surface area contributed by atoms with E-state index in [1.165, 1.54) is 4.90 Å². The second-order valence-corrected chi connectivity index (χ2v) is 3.95. The van der Waals surface area contributed by atoms with Gasteiger partial charge in [0.2, 0.25) is 0 Å². The van der Waals surface area contributed by atoms with Crippen LogP contribution < -0.4 is 5.32 Å². The number of halogens is 1. The molecule has 0 atom stereocenters. The van der Waals surface area contributed by atoms with Crippen molar-refractivity contribution in [2.24, 2.45) is 0 Å². The first kappa shape index (κ1) is 13.2. The standard InChI is InChI=1S/C11H12FN3O4/c12-9-2-1-8(15(17)18)7-10(9)13-11(16)14-3-5-19-6-4-14/h1-2,7H,3-6H2,(H,13,16). The molecule has 1 N–H and O–H groups in total. The van der Waals surface area contributed by atoms with E-state index in [0.717, 1.165) is 18.2 Å². The Hall–Kier alpha value is -2.22. The van der Waals surface area contributed by atoms with Crippen molar-refractivity contribution in [1.82, 2.24) is 4.90 Å². The maximum absolute atomic E-state index is 13.5. The Labute approximate surface area is 108 Å². The van der Waals surface area contributed by atoms with Gasteiger partial charge in [0.1, 0.15) is 5.82 Å². The van der Waals surface area contributed by atoms with Gasteiger partial charge < -0.3 is 15.0 Å². The number of ether oxygens (including phenoxy) is 1. The topological polar surface area (TPSA) is 84.7 Å². The summed E-state index contributed by atoms with van der Waals surface area (Å²) in [6.07, 6.45) is 0. The number of non-ortho nitro benzene ring substituents is 1. The minimum atomic E-state index is -0.716. The minimum Gasteiger partial charge on any atom is -0.378 e. The second-order valence-electron chi connectivity index (χ2n) is 3.95. The van der Waals surface area contributed by atoms with Gasteiger partial charge in [0.25, 0.3) is 5.69 Å². The van der Waals surface area contributed by atoms with Crippen LogP contribution in [0.3, 0.4) is 0 Å². The van der Waals surface area contributed by atoms with E-state index in [1.54, 1.807) is 0 Å². The molecule has 1 aromatic rings. The number of hydrogen-bond donors (Lipinski definition) is 1. The number of nitro benzene ring substituents is 1. The highest BCUT2D eigenvalue weighted by molar-refractivity contribution is 5.89. The molecule has 1 fully saturated rings. The SMILES string of the molecule is O=C(Nc1cc([N+](=O)[O-])ccc1F)N1CCOCC1. The maximum atomic E-state index is 13.5. The Morgan fingerprint density at radius 3 is 2.74 bits per heavy atom. The highest BCUT2D eigenvalue weighted by Crippen LogP contribution is 2.21. The van der Waals surface area contributed by atoms with Gasteiger partial charge in [0.05, 0.1) is 23.8 Å². The molecule has 2 amide bonds. The van der Waals surface area contributed by atoms with Crippen LogP contribution in [0.2, 0.25) is 0 Å². The third-order valence-electron chi connectivity index (χ3n) is 2.70. The lowest BCUT2D eigenvalue weighted by Crippen LogP contribution is -2.43. The molecule has 0 radical (unpaired) electrons. The predicted molar refractivity (Wildman–Crippen MR) is 64.5 cm³/mol. The van der Waals surface area contributed by atoms with Crippen molar-refractivity contribution in [3.8, 4) is 0 Å². The molecule has 1 aromatic carbocycles. The van der Waals surface area contributed by atoms with Crippen molar-refractivity contribution in [3.63, 3.8) is 0 Å². The number of urea groups is 1. The lowest BCUT2D eigenvalue weighted by atomic mass is 10.2. The van der Waals surface area contributed by atoms with Gasteiger partial charge in [-0.3, -0.25) is 10.1 Å². The molecule has 1 heterocycles. The number of amides is 2. The molecule has 0 aliphatic carbocycles. The van der Waals surface area contributed by atoms with Gasteiger partial charge in [-0.2, -0.15) is 0 Å². The van der Waals surface area contributed by atoms with E-state index >= 15 is 0 Å². The van der Waals surface area contributed by atoms with Crippen LogP contribution in [0.5, 0.6) is 0 Å². The molecule has 0 spiro atoms. The summed E-state index contributed by atoms with van der Waals surface area (Å²) in [5.74, 6) is -0.716. The van der Waals surface area contributed by atoms with Crippen molar-refractivity contribution in [2.45, 2.75) is 0 Å². The summed E-state index contributed by atoms with van der Waals surface area (Å²) >= 11 is 0. The maximum Gasteiger partial charge on any atom is 0.322 e. The molecule has 0 saturated carbocycles. The smallest absolute Gasteiger partial charge is 0.322 e. The van der Waals surface area contributed by atoms with Crippen molar-refractivity contribution in [3.05, 3.63) is 34.1 Å². The second kappa shape index (κ2) is 5.61. The number of anilines is 1. The van der Waals surface area contributed by atoms with E-state index < -0.39 is 16.8 Å². The molecule has 0 aromatic heterocycles. The van der Waals surface area contributed by atoms with Crippen LogP contribution in [0.1, 0.15) is 0 Å². The number of nitro groups is 1. The summed E-state index contributed by atoms with van der Waals surface area (Å²) in [6, 6.07) is 2.49. The van der Waals surface area contributed by atoms with Crippen molar-refractivity contribution >= 4 is 17.4 Å². The monoisotopic (exact) mass is 269 g/mol. The average Bonchev–Trinajstić information content (AvgIpc) is 2.42. The summed E-state index contributed by atoms with van der Waals surface area (Å²) < 4.78 is 18.6. The van der Waals surface area contributed by atoms with E-state index in [0.29, 0.717) is 26.3 Å². The van der Waals surface area contributed by atoms with E-state index in [9.17, 15) is 19.3 Å². The number of hydrogen-bond acceptors (Lipinski definition) is 4. The molecular weight excluding hydrogens is 257 g/mol. The predicted octanol–water partition coefficient (Wildman–Crippen LogP) is 1.60. The highest BCUT2D eigenvalue weighted by atomic mass is 19.1. The molecular formula is C11H12FN3O4. The van der Waals surface area contributed by atoms with E-state index in [2.05, 4.69) is 5.32 Å². The molecule has 8 heteroatoms. The number of nitrogens with one attached hydrogen (secondary N) is 1. The van der Waals surface area contributed by atoms with Crippen LogP contribution in [0.25, 0.3) is 0 Å². The van der Waals surface area contributed by atoms with Crippen LogP contribution in [0.15, 0.2) is 18.2 Å². The third-order valence-corrected chi connectivity index (χ3v) is 2.70. The number of morpholine rings is 1. The van der Waals surface area contributed by atoms with Gasteiger partial charge in [-0.1, -0.05) is 0 Å². The number of benzene rings is 1. The normalized spacial score (nSPS) is 15.1. The van der Waals surface area contributed by atoms with Gasteiger partial charge in [0.15, 0.2) is 0 Å². The number of carbonyl (C=O) groups is 1. The number of carbonyl (C=O) groups excluding carboxylic acids is 1. The Kier molecular flexibility index (Phi) is 3.91. The number of nitrogens with zero attached hydrogens (tertiary/aromatic N) is 2. The van der Waals surface area contributed by atoms with Crippen LogP contribution >= 0.6 is 0 Å². The quantitative estimate of drug-likeness (QED) is 0.652. The van der Waals surface area contributed by atoms with E-state index in [4.69, 9.17) is 4.74 Å². The van der Waals surface area contributed by atoms with E-state index in [1.807, 2.05) is 0 Å². The zero-order valence-electron chi connectivity index (χ0n) is 9.97. The summed E-state index contributed by atoms with van der Waals surface area (Å²) in [5, 5.41) is 12.9. The average molecular weight is 269 g/mol. The van der Waals surface area contributed by atoms with Gasteiger partial charge in [-0.25, -0.2) is 9.18 Å². The van der Waals surface area contributed by atoms with Gasteiger partial charge in [-0.05, 0) is 6.07 Å². The van der Waals surface area contributed by atoms with Crippen molar-refractivity contribution in [2.75, 3.05) is 31.6 Å². The van der Waals surface area contributed by atoms with Crippen LogP contribution in [-0.4, -0.2) is 42.2 Å². The molecule has 7 nitrogen and oxygen atoms in total. The molecule has 19 heavy (non-hydrogen) atoms. The van der Waals surface area contributed by atoms with Crippen molar-refractivity contribution in [1.29, 1.82) is 0 Å².